The molecule has 2 bridgehead atoms. The molecule has 1 aromatic carbocycles. The Morgan fingerprint density at radius 2 is 2.19 bits per heavy atom. The van der Waals surface area contributed by atoms with Crippen molar-refractivity contribution in [3.05, 3.63) is 28.8 Å². The van der Waals surface area contributed by atoms with Crippen LogP contribution in [0.4, 0.5) is 5.69 Å². The van der Waals surface area contributed by atoms with Crippen LogP contribution in [-0.2, 0) is 14.3 Å². The minimum atomic E-state index is -0.250. The number of halogens is 1. The topological polar surface area (TPSA) is 55.4 Å². The minimum absolute atomic E-state index is 0.0597. The van der Waals surface area contributed by atoms with E-state index in [4.69, 9.17) is 16.3 Å². The van der Waals surface area contributed by atoms with E-state index in [9.17, 15) is 9.59 Å². The molecule has 5 atom stereocenters. The molecule has 0 spiro atoms. The van der Waals surface area contributed by atoms with Crippen LogP contribution in [0.5, 0.6) is 0 Å². The van der Waals surface area contributed by atoms with E-state index >= 15 is 0 Å². The molecule has 3 aliphatic rings. The van der Waals surface area contributed by atoms with Crippen molar-refractivity contribution in [3.63, 3.8) is 0 Å². The highest BCUT2D eigenvalue weighted by atomic mass is 35.5. The normalized spacial score (nSPS) is 35.9. The van der Waals surface area contributed by atoms with E-state index < -0.39 is 0 Å². The summed E-state index contributed by atoms with van der Waals surface area (Å²) in [7, 11) is 0. The van der Waals surface area contributed by atoms with Gasteiger partial charge in [-0.2, -0.15) is 0 Å². The quantitative estimate of drug-likeness (QED) is 0.855. The molecule has 4 nitrogen and oxygen atoms in total. The van der Waals surface area contributed by atoms with E-state index in [1.54, 1.807) is 12.1 Å². The first-order valence-corrected chi connectivity index (χ1v) is 7.70. The van der Waals surface area contributed by atoms with Crippen molar-refractivity contribution < 1.29 is 14.3 Å². The molecule has 2 aliphatic carbocycles. The van der Waals surface area contributed by atoms with Gasteiger partial charge in [-0.1, -0.05) is 17.7 Å². The first kappa shape index (κ1) is 13.1. The molecule has 0 aromatic heterocycles. The summed E-state index contributed by atoms with van der Waals surface area (Å²) >= 11 is 5.98. The van der Waals surface area contributed by atoms with Crippen molar-refractivity contribution >= 4 is 29.2 Å². The number of aryl methyl sites for hydroxylation is 1. The summed E-state index contributed by atoms with van der Waals surface area (Å²) in [5.74, 6) is -0.231. The second-order valence-corrected chi connectivity index (χ2v) is 6.81. The molecular formula is C16H16ClNO3. The van der Waals surface area contributed by atoms with Gasteiger partial charge in [0.1, 0.15) is 6.10 Å². The third kappa shape index (κ3) is 1.89. The highest BCUT2D eigenvalue weighted by Crippen LogP contribution is 2.57. The zero-order valence-corrected chi connectivity index (χ0v) is 12.4. The lowest BCUT2D eigenvalue weighted by Crippen LogP contribution is -2.36. The summed E-state index contributed by atoms with van der Waals surface area (Å²) in [6.45, 7) is 1.92. The number of carbonyl (C=O) groups is 2. The molecule has 21 heavy (non-hydrogen) atoms. The van der Waals surface area contributed by atoms with Crippen LogP contribution >= 0.6 is 11.6 Å². The predicted octanol–water partition coefficient (Wildman–Crippen LogP) is 2.78. The third-order valence-electron chi connectivity index (χ3n) is 5.24. The first-order chi connectivity index (χ1) is 10.0. The maximum absolute atomic E-state index is 12.6. The monoisotopic (exact) mass is 305 g/mol. The number of hydrogen-bond acceptors (Lipinski definition) is 3. The van der Waals surface area contributed by atoms with Gasteiger partial charge in [0.2, 0.25) is 5.91 Å². The molecule has 0 radical (unpaired) electrons. The van der Waals surface area contributed by atoms with Crippen molar-refractivity contribution in [3.8, 4) is 0 Å². The highest BCUT2D eigenvalue weighted by molar-refractivity contribution is 6.31. The smallest absolute Gasteiger partial charge is 0.310 e. The van der Waals surface area contributed by atoms with Crippen molar-refractivity contribution in [2.45, 2.75) is 25.9 Å². The van der Waals surface area contributed by atoms with E-state index in [-0.39, 0.29) is 41.7 Å². The van der Waals surface area contributed by atoms with Crippen LogP contribution in [0.1, 0.15) is 18.4 Å². The SMILES string of the molecule is Cc1ccc(Cl)cc1NC(=O)[C@@H]1[C@@H]2C[C@@H]3[C@H]1C(=O)O[C@H]3C2. The van der Waals surface area contributed by atoms with Crippen LogP contribution in [0, 0.1) is 30.6 Å². The lowest BCUT2D eigenvalue weighted by molar-refractivity contribution is -0.145. The molecule has 1 heterocycles. The molecule has 1 aromatic rings. The summed E-state index contributed by atoms with van der Waals surface area (Å²) < 4.78 is 5.37. The van der Waals surface area contributed by atoms with Crippen LogP contribution in [0.3, 0.4) is 0 Å². The number of benzene rings is 1. The van der Waals surface area contributed by atoms with Crippen molar-refractivity contribution in [2.24, 2.45) is 23.7 Å². The number of hydrogen-bond donors (Lipinski definition) is 1. The molecule has 1 N–H and O–H groups in total. The van der Waals surface area contributed by atoms with E-state index in [1.165, 1.54) is 0 Å². The molecule has 4 rings (SSSR count). The van der Waals surface area contributed by atoms with Gasteiger partial charge in [0, 0.05) is 16.6 Å². The van der Waals surface area contributed by atoms with Crippen LogP contribution in [0.15, 0.2) is 18.2 Å². The first-order valence-electron chi connectivity index (χ1n) is 7.32. The van der Waals surface area contributed by atoms with Crippen LogP contribution in [0.25, 0.3) is 0 Å². The Hall–Kier alpha value is -1.55. The Bertz CT molecular complexity index is 642. The van der Waals surface area contributed by atoms with Crippen LogP contribution < -0.4 is 5.32 Å². The van der Waals surface area contributed by atoms with Gasteiger partial charge >= 0.3 is 5.97 Å². The van der Waals surface area contributed by atoms with Gasteiger partial charge in [-0.25, -0.2) is 0 Å². The zero-order chi connectivity index (χ0) is 14.7. The molecule has 2 saturated carbocycles. The van der Waals surface area contributed by atoms with E-state index in [0.29, 0.717) is 5.02 Å². The Morgan fingerprint density at radius 1 is 1.38 bits per heavy atom. The van der Waals surface area contributed by atoms with Gasteiger partial charge < -0.3 is 10.1 Å². The van der Waals surface area contributed by atoms with E-state index in [0.717, 1.165) is 24.1 Å². The fraction of sp³-hybridized carbons (Fsp3) is 0.500. The number of carbonyl (C=O) groups excluding carboxylic acids is 2. The average Bonchev–Trinajstić information content (AvgIpc) is 3.03. The summed E-state index contributed by atoms with van der Waals surface area (Å²) in [6.07, 6.45) is 1.83. The number of amides is 1. The standard InChI is InChI=1S/C16H16ClNO3/c1-7-2-3-9(17)6-11(7)18-15(19)13-8-4-10-12(5-8)21-16(20)14(10)13/h2-3,6,8,10,12-14H,4-5H2,1H3,(H,18,19)/t8-,10+,12+,13-,14-/m1/s1. The number of fused-ring (bicyclic) bond motifs is 1. The Balaban J connectivity index is 1.58. The molecule has 5 heteroatoms. The lowest BCUT2D eigenvalue weighted by Gasteiger charge is -2.24. The summed E-state index contributed by atoms with van der Waals surface area (Å²) in [5, 5.41) is 3.54. The Kier molecular flexibility index (Phi) is 2.80. The second-order valence-electron chi connectivity index (χ2n) is 6.37. The van der Waals surface area contributed by atoms with Gasteiger partial charge in [0.15, 0.2) is 0 Å². The highest BCUT2D eigenvalue weighted by Gasteiger charge is 2.63. The van der Waals surface area contributed by atoms with Gasteiger partial charge in [0.25, 0.3) is 0 Å². The Morgan fingerprint density at radius 3 is 3.00 bits per heavy atom. The second kappa shape index (κ2) is 4.47. The number of ether oxygens (including phenoxy) is 1. The van der Waals surface area contributed by atoms with Gasteiger partial charge in [-0.05, 0) is 43.4 Å². The molecule has 1 aliphatic heterocycles. The number of rotatable bonds is 2. The van der Waals surface area contributed by atoms with Crippen molar-refractivity contribution in [1.29, 1.82) is 0 Å². The third-order valence-corrected chi connectivity index (χ3v) is 5.48. The maximum atomic E-state index is 12.6. The maximum Gasteiger partial charge on any atom is 0.310 e. The molecule has 0 unspecified atom stereocenters. The fourth-order valence-corrected chi connectivity index (χ4v) is 4.48. The predicted molar refractivity (Wildman–Crippen MR) is 77.9 cm³/mol. The molecule has 110 valence electrons. The number of esters is 1. The van der Waals surface area contributed by atoms with Crippen LogP contribution in [0.2, 0.25) is 5.02 Å². The van der Waals surface area contributed by atoms with Crippen molar-refractivity contribution in [2.75, 3.05) is 5.32 Å². The van der Waals surface area contributed by atoms with Crippen molar-refractivity contribution in [1.82, 2.24) is 0 Å². The Labute approximate surface area is 127 Å². The fourth-order valence-electron chi connectivity index (χ4n) is 4.31. The molecular weight excluding hydrogens is 290 g/mol. The van der Waals surface area contributed by atoms with Gasteiger partial charge in [-0.15, -0.1) is 0 Å². The van der Waals surface area contributed by atoms with Crippen LogP contribution in [-0.4, -0.2) is 18.0 Å². The molecule has 3 fully saturated rings. The van der Waals surface area contributed by atoms with E-state index in [1.807, 2.05) is 13.0 Å². The number of nitrogens with one attached hydrogen (secondary N) is 1. The lowest BCUT2D eigenvalue weighted by atomic mass is 9.79. The summed E-state index contributed by atoms with van der Waals surface area (Å²) in [5.41, 5.74) is 1.68. The van der Waals surface area contributed by atoms with E-state index in [2.05, 4.69) is 5.32 Å². The number of anilines is 1. The summed E-state index contributed by atoms with van der Waals surface area (Å²) in [6, 6.07) is 5.42. The zero-order valence-electron chi connectivity index (χ0n) is 11.6. The average molecular weight is 306 g/mol. The van der Waals surface area contributed by atoms with Gasteiger partial charge in [0.05, 0.1) is 11.8 Å². The molecule has 1 saturated heterocycles. The summed E-state index contributed by atoms with van der Waals surface area (Å²) in [4.78, 5) is 24.6. The molecule has 1 amide bonds. The minimum Gasteiger partial charge on any atom is -0.462 e. The largest absolute Gasteiger partial charge is 0.462 e. The van der Waals surface area contributed by atoms with Gasteiger partial charge in [-0.3, -0.25) is 9.59 Å².